The first-order valence-corrected chi connectivity index (χ1v) is 3.93. The topological polar surface area (TPSA) is 53.4 Å². The Morgan fingerprint density at radius 3 is 2.62 bits per heavy atom. The lowest BCUT2D eigenvalue weighted by Gasteiger charge is -2.11. The van der Waals surface area contributed by atoms with Crippen molar-refractivity contribution in [1.29, 1.82) is 0 Å². The van der Waals surface area contributed by atoms with E-state index in [2.05, 4.69) is 4.98 Å². The Morgan fingerprint density at radius 2 is 2.23 bits per heavy atom. The van der Waals surface area contributed by atoms with E-state index in [0.717, 1.165) is 5.69 Å². The minimum atomic E-state index is -0.856. The minimum absolute atomic E-state index is 0.0201. The van der Waals surface area contributed by atoms with Gasteiger partial charge in [0.05, 0.1) is 24.0 Å². The van der Waals surface area contributed by atoms with Crippen LogP contribution >= 0.6 is 0 Å². The van der Waals surface area contributed by atoms with Crippen molar-refractivity contribution in [2.45, 2.75) is 6.42 Å². The molecule has 0 spiro atoms. The molecule has 70 valence electrons. The number of aliphatic carboxylic acids is 1. The number of carboxylic acids is 1. The fourth-order valence-electron chi connectivity index (χ4n) is 0.941. The number of anilines is 1. The molecule has 0 radical (unpaired) electrons. The summed E-state index contributed by atoms with van der Waals surface area (Å²) in [5.41, 5.74) is 1.55. The van der Waals surface area contributed by atoms with E-state index in [4.69, 9.17) is 5.11 Å². The van der Waals surface area contributed by atoms with Gasteiger partial charge < -0.3 is 10.0 Å². The van der Waals surface area contributed by atoms with Crippen molar-refractivity contribution in [3.8, 4) is 0 Å². The van der Waals surface area contributed by atoms with Crippen LogP contribution in [0.5, 0.6) is 0 Å². The summed E-state index contributed by atoms with van der Waals surface area (Å²) in [6.07, 6.45) is 1.64. The number of aromatic nitrogens is 1. The maximum Gasteiger partial charge on any atom is 0.309 e. The number of carboxylic acid groups (broad SMARTS) is 1. The largest absolute Gasteiger partial charge is 0.481 e. The zero-order valence-electron chi connectivity index (χ0n) is 7.69. The molecule has 0 aromatic carbocycles. The Bertz CT molecular complexity index is 293. The van der Waals surface area contributed by atoms with Crippen molar-refractivity contribution < 1.29 is 9.90 Å². The average Bonchev–Trinajstić information content (AvgIpc) is 2.04. The predicted octanol–water partition coefficient (Wildman–Crippen LogP) is 0.775. The summed E-state index contributed by atoms with van der Waals surface area (Å²) in [6, 6.07) is 3.58. The van der Waals surface area contributed by atoms with E-state index in [1.54, 1.807) is 12.3 Å². The fraction of sp³-hybridized carbons (Fsp3) is 0.333. The highest BCUT2D eigenvalue weighted by molar-refractivity contribution is 5.69. The van der Waals surface area contributed by atoms with E-state index in [0.29, 0.717) is 5.69 Å². The van der Waals surface area contributed by atoms with Crippen LogP contribution < -0.4 is 4.90 Å². The Labute approximate surface area is 76.8 Å². The Balaban J connectivity index is 2.75. The van der Waals surface area contributed by atoms with Crippen LogP contribution in [0.15, 0.2) is 18.3 Å². The standard InChI is InChI=1S/C9H12N2O2/c1-11(2)8-4-3-7(10-6-8)5-9(12)13/h3-4,6H,5H2,1-2H3,(H,12,13). The van der Waals surface area contributed by atoms with Gasteiger partial charge in [0.25, 0.3) is 0 Å². The molecule has 1 N–H and O–H groups in total. The lowest BCUT2D eigenvalue weighted by Crippen LogP contribution is -2.09. The molecule has 0 saturated carbocycles. The van der Waals surface area contributed by atoms with Crippen LogP contribution in [0, 0.1) is 0 Å². The third kappa shape index (κ3) is 2.74. The molecule has 0 bridgehead atoms. The molecular formula is C9H12N2O2. The van der Waals surface area contributed by atoms with E-state index >= 15 is 0 Å². The Hall–Kier alpha value is -1.58. The maximum atomic E-state index is 10.3. The number of rotatable bonds is 3. The highest BCUT2D eigenvalue weighted by atomic mass is 16.4. The second kappa shape index (κ2) is 3.89. The molecule has 0 unspecified atom stereocenters. The number of hydrogen-bond donors (Lipinski definition) is 1. The van der Waals surface area contributed by atoms with Crippen molar-refractivity contribution in [2.24, 2.45) is 0 Å². The number of hydrogen-bond acceptors (Lipinski definition) is 3. The first-order chi connectivity index (χ1) is 6.09. The molecule has 1 aromatic rings. The molecule has 13 heavy (non-hydrogen) atoms. The molecule has 4 nitrogen and oxygen atoms in total. The smallest absolute Gasteiger partial charge is 0.309 e. The molecule has 4 heteroatoms. The summed E-state index contributed by atoms with van der Waals surface area (Å²) in [6.45, 7) is 0. The molecule has 1 aromatic heterocycles. The van der Waals surface area contributed by atoms with E-state index in [1.165, 1.54) is 0 Å². The zero-order valence-corrected chi connectivity index (χ0v) is 7.69. The van der Waals surface area contributed by atoms with Crippen LogP contribution in [0.3, 0.4) is 0 Å². The van der Waals surface area contributed by atoms with Gasteiger partial charge in [0.15, 0.2) is 0 Å². The molecule has 0 amide bonds. The van der Waals surface area contributed by atoms with Gasteiger partial charge in [0.2, 0.25) is 0 Å². The van der Waals surface area contributed by atoms with Gasteiger partial charge in [-0.3, -0.25) is 9.78 Å². The summed E-state index contributed by atoms with van der Waals surface area (Å²) in [7, 11) is 3.82. The second-order valence-corrected chi connectivity index (χ2v) is 2.97. The fourth-order valence-corrected chi connectivity index (χ4v) is 0.941. The predicted molar refractivity (Wildman–Crippen MR) is 49.9 cm³/mol. The molecule has 0 aliphatic heterocycles. The van der Waals surface area contributed by atoms with Crippen LogP contribution in [0.25, 0.3) is 0 Å². The molecule has 0 aliphatic rings. The summed E-state index contributed by atoms with van der Waals surface area (Å²) in [5, 5.41) is 8.49. The van der Waals surface area contributed by atoms with Gasteiger partial charge in [0.1, 0.15) is 0 Å². The van der Waals surface area contributed by atoms with Gasteiger partial charge in [-0.05, 0) is 12.1 Å². The molecule has 1 heterocycles. The Kier molecular flexibility index (Phi) is 2.84. The van der Waals surface area contributed by atoms with Crippen molar-refractivity contribution >= 4 is 11.7 Å². The quantitative estimate of drug-likeness (QED) is 0.746. The summed E-state index contributed by atoms with van der Waals surface area (Å²) >= 11 is 0. The summed E-state index contributed by atoms with van der Waals surface area (Å²) in [4.78, 5) is 16.3. The third-order valence-electron chi connectivity index (χ3n) is 1.66. The number of pyridine rings is 1. The van der Waals surface area contributed by atoms with Crippen LogP contribution in [0.1, 0.15) is 5.69 Å². The minimum Gasteiger partial charge on any atom is -0.481 e. The van der Waals surface area contributed by atoms with E-state index in [-0.39, 0.29) is 6.42 Å². The first-order valence-electron chi connectivity index (χ1n) is 3.93. The highest BCUT2D eigenvalue weighted by Crippen LogP contribution is 2.09. The van der Waals surface area contributed by atoms with Crippen molar-refractivity contribution in [1.82, 2.24) is 4.98 Å². The average molecular weight is 180 g/mol. The van der Waals surface area contributed by atoms with Crippen molar-refractivity contribution in [2.75, 3.05) is 19.0 Å². The van der Waals surface area contributed by atoms with Crippen molar-refractivity contribution in [3.05, 3.63) is 24.0 Å². The molecule has 0 atom stereocenters. The zero-order chi connectivity index (χ0) is 9.84. The molecule has 1 rings (SSSR count). The van der Waals surface area contributed by atoms with E-state index < -0.39 is 5.97 Å². The van der Waals surface area contributed by atoms with Crippen LogP contribution in [-0.4, -0.2) is 30.2 Å². The first kappa shape index (κ1) is 9.51. The lowest BCUT2D eigenvalue weighted by molar-refractivity contribution is -0.136. The van der Waals surface area contributed by atoms with Crippen LogP contribution in [-0.2, 0) is 11.2 Å². The summed E-state index contributed by atoms with van der Waals surface area (Å²) in [5.74, 6) is -0.856. The molecule has 0 saturated heterocycles. The van der Waals surface area contributed by atoms with E-state index in [9.17, 15) is 4.79 Å². The number of nitrogens with zero attached hydrogens (tertiary/aromatic N) is 2. The van der Waals surface area contributed by atoms with Gasteiger partial charge in [-0.2, -0.15) is 0 Å². The van der Waals surface area contributed by atoms with Gasteiger partial charge in [0, 0.05) is 14.1 Å². The molecule has 0 aliphatic carbocycles. The Morgan fingerprint density at radius 1 is 1.54 bits per heavy atom. The highest BCUT2D eigenvalue weighted by Gasteiger charge is 2.01. The van der Waals surface area contributed by atoms with E-state index in [1.807, 2.05) is 25.1 Å². The number of carbonyl (C=O) groups is 1. The van der Waals surface area contributed by atoms with Gasteiger partial charge in [-0.25, -0.2) is 0 Å². The van der Waals surface area contributed by atoms with Crippen molar-refractivity contribution in [3.63, 3.8) is 0 Å². The van der Waals surface area contributed by atoms with Gasteiger partial charge in [-0.15, -0.1) is 0 Å². The lowest BCUT2D eigenvalue weighted by atomic mass is 10.2. The monoisotopic (exact) mass is 180 g/mol. The van der Waals surface area contributed by atoms with Crippen LogP contribution in [0.4, 0.5) is 5.69 Å². The SMILES string of the molecule is CN(C)c1ccc(CC(=O)O)nc1. The normalized spacial score (nSPS) is 9.69. The maximum absolute atomic E-state index is 10.3. The van der Waals surface area contributed by atoms with Gasteiger partial charge >= 0.3 is 5.97 Å². The molecule has 0 fully saturated rings. The third-order valence-corrected chi connectivity index (χ3v) is 1.66. The second-order valence-electron chi connectivity index (χ2n) is 2.97. The summed E-state index contributed by atoms with van der Waals surface area (Å²) < 4.78 is 0. The van der Waals surface area contributed by atoms with Crippen LogP contribution in [0.2, 0.25) is 0 Å². The molecular weight excluding hydrogens is 168 g/mol. The van der Waals surface area contributed by atoms with Gasteiger partial charge in [-0.1, -0.05) is 0 Å².